The van der Waals surface area contributed by atoms with Crippen molar-refractivity contribution in [1.82, 2.24) is 15.3 Å². The maximum absolute atomic E-state index is 12.6. The first-order valence-corrected chi connectivity index (χ1v) is 9.02. The standard InChI is InChI=1S/C20H26N4O/c1-13-9-10-17(14(2)11-13)24-19-12-18(21-15(3)22-19)20(25)23-16-7-5-4-6-8-16/h9-12,16H,4-8H2,1-3H3,(H,23,25)(H,21,22,24). The number of rotatable bonds is 4. The fourth-order valence-corrected chi connectivity index (χ4v) is 3.35. The van der Waals surface area contributed by atoms with Crippen LogP contribution in [0.1, 0.15) is 59.5 Å². The van der Waals surface area contributed by atoms with Crippen LogP contribution < -0.4 is 10.6 Å². The van der Waals surface area contributed by atoms with E-state index in [1.807, 2.05) is 13.0 Å². The molecule has 1 aliphatic carbocycles. The zero-order chi connectivity index (χ0) is 17.8. The van der Waals surface area contributed by atoms with Crippen LogP contribution in [0.4, 0.5) is 11.5 Å². The molecule has 1 aromatic carbocycles. The van der Waals surface area contributed by atoms with Gasteiger partial charge in [-0.1, -0.05) is 37.0 Å². The predicted octanol–water partition coefficient (Wildman–Crippen LogP) is 4.21. The van der Waals surface area contributed by atoms with Gasteiger partial charge in [-0.3, -0.25) is 4.79 Å². The van der Waals surface area contributed by atoms with Crippen molar-refractivity contribution in [3.63, 3.8) is 0 Å². The molecule has 0 bridgehead atoms. The molecule has 1 aromatic heterocycles. The molecule has 0 atom stereocenters. The quantitative estimate of drug-likeness (QED) is 0.876. The van der Waals surface area contributed by atoms with Gasteiger partial charge in [0, 0.05) is 17.8 Å². The molecule has 0 aliphatic heterocycles. The number of hydrogen-bond donors (Lipinski definition) is 2. The monoisotopic (exact) mass is 338 g/mol. The van der Waals surface area contributed by atoms with Crippen LogP contribution in [0, 0.1) is 20.8 Å². The van der Waals surface area contributed by atoms with Crippen molar-refractivity contribution in [2.75, 3.05) is 5.32 Å². The second kappa shape index (κ2) is 7.64. The third-order valence-corrected chi connectivity index (χ3v) is 4.66. The van der Waals surface area contributed by atoms with Crippen LogP contribution in [0.3, 0.4) is 0 Å². The molecular weight excluding hydrogens is 312 g/mol. The average molecular weight is 338 g/mol. The number of nitrogens with one attached hydrogen (secondary N) is 2. The first-order valence-electron chi connectivity index (χ1n) is 9.02. The molecule has 132 valence electrons. The summed E-state index contributed by atoms with van der Waals surface area (Å²) in [6, 6.07) is 8.20. The summed E-state index contributed by atoms with van der Waals surface area (Å²) >= 11 is 0. The van der Waals surface area contributed by atoms with Gasteiger partial charge in [0.05, 0.1) is 0 Å². The highest BCUT2D eigenvalue weighted by Gasteiger charge is 2.18. The van der Waals surface area contributed by atoms with Gasteiger partial charge in [-0.05, 0) is 45.2 Å². The maximum atomic E-state index is 12.6. The molecule has 0 radical (unpaired) electrons. The van der Waals surface area contributed by atoms with Gasteiger partial charge < -0.3 is 10.6 Å². The first kappa shape index (κ1) is 17.4. The highest BCUT2D eigenvalue weighted by Crippen LogP contribution is 2.21. The summed E-state index contributed by atoms with van der Waals surface area (Å²) in [5, 5.41) is 6.42. The maximum Gasteiger partial charge on any atom is 0.270 e. The van der Waals surface area contributed by atoms with Gasteiger partial charge in [0.15, 0.2) is 0 Å². The molecule has 1 saturated carbocycles. The van der Waals surface area contributed by atoms with E-state index in [9.17, 15) is 4.79 Å². The van der Waals surface area contributed by atoms with Gasteiger partial charge in [0.1, 0.15) is 17.3 Å². The molecular formula is C20H26N4O. The Balaban J connectivity index is 1.76. The van der Waals surface area contributed by atoms with Crippen LogP contribution in [0.5, 0.6) is 0 Å². The van der Waals surface area contributed by atoms with Crippen molar-refractivity contribution >= 4 is 17.4 Å². The molecule has 2 N–H and O–H groups in total. The van der Waals surface area contributed by atoms with Crippen LogP contribution in [-0.4, -0.2) is 21.9 Å². The summed E-state index contributed by atoms with van der Waals surface area (Å²) in [6.07, 6.45) is 5.76. The fraction of sp³-hybridized carbons (Fsp3) is 0.450. The van der Waals surface area contributed by atoms with Crippen molar-refractivity contribution < 1.29 is 4.79 Å². The minimum absolute atomic E-state index is 0.110. The molecule has 25 heavy (non-hydrogen) atoms. The highest BCUT2D eigenvalue weighted by atomic mass is 16.1. The zero-order valence-electron chi connectivity index (χ0n) is 15.2. The van der Waals surface area contributed by atoms with E-state index in [2.05, 4.69) is 46.6 Å². The first-order chi connectivity index (χ1) is 12.0. The van der Waals surface area contributed by atoms with Gasteiger partial charge in [0.2, 0.25) is 0 Å². The van der Waals surface area contributed by atoms with E-state index < -0.39 is 0 Å². The Labute approximate surface area is 149 Å². The Morgan fingerprint density at radius 2 is 1.80 bits per heavy atom. The molecule has 1 fully saturated rings. The Hall–Kier alpha value is -2.43. The van der Waals surface area contributed by atoms with Gasteiger partial charge in [-0.2, -0.15) is 0 Å². The SMILES string of the molecule is Cc1ccc(Nc2cc(C(=O)NC3CCCCC3)nc(C)n2)c(C)c1. The van der Waals surface area contributed by atoms with Crippen molar-refractivity contribution in [3.8, 4) is 0 Å². The van der Waals surface area contributed by atoms with Crippen LogP contribution in [-0.2, 0) is 0 Å². The summed E-state index contributed by atoms with van der Waals surface area (Å²) in [7, 11) is 0. The Morgan fingerprint density at radius 3 is 2.52 bits per heavy atom. The number of anilines is 2. The van der Waals surface area contributed by atoms with E-state index in [0.717, 1.165) is 24.1 Å². The Bertz CT molecular complexity index is 766. The highest BCUT2D eigenvalue weighted by molar-refractivity contribution is 5.93. The summed E-state index contributed by atoms with van der Waals surface area (Å²) in [4.78, 5) is 21.3. The molecule has 5 heteroatoms. The third kappa shape index (κ3) is 4.56. The van der Waals surface area contributed by atoms with Gasteiger partial charge >= 0.3 is 0 Å². The van der Waals surface area contributed by atoms with E-state index >= 15 is 0 Å². The number of aryl methyl sites for hydroxylation is 3. The second-order valence-corrected chi connectivity index (χ2v) is 6.94. The number of hydrogen-bond acceptors (Lipinski definition) is 4. The second-order valence-electron chi connectivity index (χ2n) is 6.94. The molecule has 3 rings (SSSR count). The van der Waals surface area contributed by atoms with Crippen LogP contribution in [0.25, 0.3) is 0 Å². The smallest absolute Gasteiger partial charge is 0.270 e. The lowest BCUT2D eigenvalue weighted by molar-refractivity contribution is 0.0922. The lowest BCUT2D eigenvalue weighted by Gasteiger charge is -2.22. The van der Waals surface area contributed by atoms with Gasteiger partial charge in [-0.25, -0.2) is 9.97 Å². The summed E-state index contributed by atoms with van der Waals surface area (Å²) in [5.74, 6) is 1.12. The zero-order valence-corrected chi connectivity index (χ0v) is 15.2. The molecule has 1 aliphatic rings. The molecule has 0 saturated heterocycles. The van der Waals surface area contributed by atoms with Crippen molar-refractivity contribution in [1.29, 1.82) is 0 Å². The minimum atomic E-state index is -0.110. The number of carbonyl (C=O) groups excluding carboxylic acids is 1. The third-order valence-electron chi connectivity index (χ3n) is 4.66. The Morgan fingerprint density at radius 1 is 1.04 bits per heavy atom. The van der Waals surface area contributed by atoms with E-state index in [1.54, 1.807) is 6.07 Å². The van der Waals surface area contributed by atoms with Crippen LogP contribution in [0.15, 0.2) is 24.3 Å². The number of carbonyl (C=O) groups is 1. The molecule has 1 heterocycles. The largest absolute Gasteiger partial charge is 0.348 e. The number of nitrogens with zero attached hydrogens (tertiary/aromatic N) is 2. The van der Waals surface area contributed by atoms with Crippen molar-refractivity contribution in [2.45, 2.75) is 58.9 Å². The number of amides is 1. The van der Waals surface area contributed by atoms with Crippen LogP contribution >= 0.6 is 0 Å². The molecule has 0 spiro atoms. The van der Waals surface area contributed by atoms with E-state index in [-0.39, 0.29) is 11.9 Å². The van der Waals surface area contributed by atoms with E-state index in [1.165, 1.54) is 24.8 Å². The van der Waals surface area contributed by atoms with E-state index in [0.29, 0.717) is 17.3 Å². The lowest BCUT2D eigenvalue weighted by atomic mass is 9.95. The summed E-state index contributed by atoms with van der Waals surface area (Å²) in [5.41, 5.74) is 3.77. The average Bonchev–Trinajstić information content (AvgIpc) is 2.58. The number of benzene rings is 1. The predicted molar refractivity (Wildman–Crippen MR) is 100 cm³/mol. The van der Waals surface area contributed by atoms with Crippen LogP contribution in [0.2, 0.25) is 0 Å². The van der Waals surface area contributed by atoms with Gasteiger partial charge in [-0.15, -0.1) is 0 Å². The number of aromatic nitrogens is 2. The van der Waals surface area contributed by atoms with Crippen molar-refractivity contribution in [2.24, 2.45) is 0 Å². The molecule has 1 amide bonds. The minimum Gasteiger partial charge on any atom is -0.348 e. The molecule has 5 nitrogen and oxygen atoms in total. The Kier molecular flexibility index (Phi) is 5.31. The topological polar surface area (TPSA) is 66.9 Å². The lowest BCUT2D eigenvalue weighted by Crippen LogP contribution is -2.36. The fourth-order valence-electron chi connectivity index (χ4n) is 3.35. The van der Waals surface area contributed by atoms with Gasteiger partial charge in [0.25, 0.3) is 5.91 Å². The van der Waals surface area contributed by atoms with Crippen molar-refractivity contribution in [3.05, 3.63) is 46.9 Å². The summed E-state index contributed by atoms with van der Waals surface area (Å²) in [6.45, 7) is 5.93. The summed E-state index contributed by atoms with van der Waals surface area (Å²) < 4.78 is 0. The normalized spacial score (nSPS) is 15.0. The molecule has 2 aromatic rings. The van der Waals surface area contributed by atoms with E-state index in [4.69, 9.17) is 0 Å². The molecule has 0 unspecified atom stereocenters.